The Balaban J connectivity index is 2.26. The summed E-state index contributed by atoms with van der Waals surface area (Å²) in [6.45, 7) is 4.83. The highest BCUT2D eigenvalue weighted by Crippen LogP contribution is 2.45. The van der Waals surface area contributed by atoms with Crippen molar-refractivity contribution in [3.8, 4) is 0 Å². The van der Waals surface area contributed by atoms with Crippen LogP contribution in [-0.4, -0.2) is 17.8 Å². The highest BCUT2D eigenvalue weighted by molar-refractivity contribution is 5.31. The minimum atomic E-state index is -0.328. The van der Waals surface area contributed by atoms with Crippen LogP contribution in [0.5, 0.6) is 0 Å². The van der Waals surface area contributed by atoms with Crippen molar-refractivity contribution in [1.29, 1.82) is 0 Å². The molecule has 100 valence electrons. The minimum Gasteiger partial charge on any atom is -0.392 e. The van der Waals surface area contributed by atoms with Gasteiger partial charge in [-0.05, 0) is 36.3 Å². The lowest BCUT2D eigenvalue weighted by molar-refractivity contribution is 0.0211. The van der Waals surface area contributed by atoms with E-state index in [0.717, 1.165) is 12.8 Å². The smallest absolute Gasteiger partial charge is 0.0674 e. The van der Waals surface area contributed by atoms with Crippen LogP contribution in [0.25, 0.3) is 0 Å². The highest BCUT2D eigenvalue weighted by atomic mass is 16.3. The summed E-state index contributed by atoms with van der Waals surface area (Å²) in [4.78, 5) is 0. The lowest BCUT2D eigenvalue weighted by Crippen LogP contribution is -2.38. The number of aryl methyl sites for hydroxylation is 1. The Labute approximate surface area is 110 Å². The van der Waals surface area contributed by atoms with E-state index < -0.39 is 0 Å². The molecule has 1 aliphatic rings. The Morgan fingerprint density at radius 1 is 1.28 bits per heavy atom. The summed E-state index contributed by atoms with van der Waals surface area (Å²) in [7, 11) is 0. The number of hydrogen-bond donors (Lipinski definition) is 2. The van der Waals surface area contributed by atoms with Crippen LogP contribution in [-0.2, 0) is 0 Å². The Bertz CT molecular complexity index is 396. The molecule has 3 N–H and O–H groups in total. The first-order chi connectivity index (χ1) is 8.58. The number of aliphatic hydroxyl groups excluding tert-OH is 1. The third kappa shape index (κ3) is 2.45. The molecule has 0 saturated heterocycles. The average Bonchev–Trinajstić information content (AvgIpc) is 2.81. The largest absolute Gasteiger partial charge is 0.392 e. The maximum absolute atomic E-state index is 10.8. The van der Waals surface area contributed by atoms with Gasteiger partial charge in [0.05, 0.1) is 6.10 Å². The molecule has 1 fully saturated rings. The Morgan fingerprint density at radius 2 is 1.89 bits per heavy atom. The van der Waals surface area contributed by atoms with Crippen molar-refractivity contribution < 1.29 is 5.11 Å². The minimum absolute atomic E-state index is 0.0479. The van der Waals surface area contributed by atoms with Crippen molar-refractivity contribution in [3.63, 3.8) is 0 Å². The second-order valence-corrected chi connectivity index (χ2v) is 6.00. The molecule has 1 aliphatic carbocycles. The number of aliphatic hydroxyl groups is 1. The van der Waals surface area contributed by atoms with Crippen LogP contribution < -0.4 is 5.73 Å². The van der Waals surface area contributed by atoms with Crippen LogP contribution in [0.1, 0.15) is 49.7 Å². The van der Waals surface area contributed by atoms with Gasteiger partial charge in [-0.3, -0.25) is 0 Å². The lowest BCUT2D eigenvalue weighted by atomic mass is 9.73. The first kappa shape index (κ1) is 13.6. The molecule has 2 rings (SSSR count). The number of rotatable bonds is 4. The van der Waals surface area contributed by atoms with E-state index in [1.807, 2.05) is 12.1 Å². The molecule has 0 aliphatic heterocycles. The maximum atomic E-state index is 10.8. The predicted octanol–water partition coefficient (Wildman–Crippen LogP) is 2.98. The van der Waals surface area contributed by atoms with E-state index in [2.05, 4.69) is 26.0 Å². The van der Waals surface area contributed by atoms with Gasteiger partial charge in [0.1, 0.15) is 0 Å². The summed E-state index contributed by atoms with van der Waals surface area (Å²) < 4.78 is 0. The lowest BCUT2D eigenvalue weighted by Gasteiger charge is -2.36. The molecule has 2 nitrogen and oxygen atoms in total. The molecular formula is C16H25NO. The molecule has 0 heterocycles. The monoisotopic (exact) mass is 247 g/mol. The molecule has 0 bridgehead atoms. The molecule has 0 spiro atoms. The first-order valence-corrected chi connectivity index (χ1v) is 7.02. The van der Waals surface area contributed by atoms with E-state index in [1.165, 1.54) is 24.0 Å². The molecule has 1 saturated carbocycles. The summed E-state index contributed by atoms with van der Waals surface area (Å²) in [6.07, 6.45) is 4.38. The van der Waals surface area contributed by atoms with Crippen LogP contribution >= 0.6 is 0 Å². The molecule has 2 heteroatoms. The number of hydrogen-bond acceptors (Lipinski definition) is 2. The molecule has 2 unspecified atom stereocenters. The Morgan fingerprint density at radius 3 is 2.44 bits per heavy atom. The summed E-state index contributed by atoms with van der Waals surface area (Å²) in [5.74, 6) is 0.0642. The third-order valence-electron chi connectivity index (χ3n) is 4.68. The topological polar surface area (TPSA) is 46.2 Å². The molecule has 1 aromatic rings. The predicted molar refractivity (Wildman–Crippen MR) is 75.6 cm³/mol. The fraction of sp³-hybridized carbons (Fsp3) is 0.625. The fourth-order valence-electron chi connectivity index (χ4n) is 3.39. The highest BCUT2D eigenvalue weighted by Gasteiger charge is 2.40. The maximum Gasteiger partial charge on any atom is 0.0674 e. The van der Waals surface area contributed by atoms with Crippen molar-refractivity contribution in [2.45, 2.75) is 51.6 Å². The van der Waals surface area contributed by atoms with Gasteiger partial charge in [0.2, 0.25) is 0 Å². The molecule has 18 heavy (non-hydrogen) atoms. The molecular weight excluding hydrogens is 222 g/mol. The molecule has 0 radical (unpaired) electrons. The van der Waals surface area contributed by atoms with Crippen LogP contribution in [0.15, 0.2) is 24.3 Å². The summed E-state index contributed by atoms with van der Waals surface area (Å²) >= 11 is 0. The van der Waals surface area contributed by atoms with Crippen molar-refractivity contribution in [1.82, 2.24) is 0 Å². The van der Waals surface area contributed by atoms with Crippen molar-refractivity contribution in [2.24, 2.45) is 11.1 Å². The van der Waals surface area contributed by atoms with Gasteiger partial charge in [-0.1, -0.05) is 44.0 Å². The zero-order valence-electron chi connectivity index (χ0n) is 11.5. The summed E-state index contributed by atoms with van der Waals surface area (Å²) in [6, 6.07) is 8.28. The fourth-order valence-corrected chi connectivity index (χ4v) is 3.39. The van der Waals surface area contributed by atoms with Crippen LogP contribution in [0.4, 0.5) is 0 Å². The Kier molecular flexibility index (Phi) is 4.08. The van der Waals surface area contributed by atoms with Crippen LogP contribution in [0.3, 0.4) is 0 Å². The van der Waals surface area contributed by atoms with E-state index in [4.69, 9.17) is 5.73 Å². The van der Waals surface area contributed by atoms with Gasteiger partial charge in [0, 0.05) is 12.5 Å². The van der Waals surface area contributed by atoms with Crippen LogP contribution in [0, 0.1) is 12.3 Å². The summed E-state index contributed by atoms with van der Waals surface area (Å²) in [5.41, 5.74) is 8.43. The van der Waals surface area contributed by atoms with Crippen molar-refractivity contribution in [3.05, 3.63) is 35.4 Å². The SMILES string of the molecule is Cc1ccccc1C(CN)C(O)C1(C)CCCC1. The molecule has 2 atom stereocenters. The van der Waals surface area contributed by atoms with Crippen LogP contribution in [0.2, 0.25) is 0 Å². The van der Waals surface area contributed by atoms with E-state index in [0.29, 0.717) is 6.54 Å². The van der Waals surface area contributed by atoms with Gasteiger partial charge in [-0.2, -0.15) is 0 Å². The molecule has 0 aromatic heterocycles. The zero-order valence-corrected chi connectivity index (χ0v) is 11.5. The van der Waals surface area contributed by atoms with Crippen molar-refractivity contribution >= 4 is 0 Å². The quantitative estimate of drug-likeness (QED) is 0.859. The average molecular weight is 247 g/mol. The second-order valence-electron chi connectivity index (χ2n) is 6.00. The Hall–Kier alpha value is -0.860. The van der Waals surface area contributed by atoms with Gasteiger partial charge in [0.15, 0.2) is 0 Å². The normalized spacial score (nSPS) is 21.8. The third-order valence-corrected chi connectivity index (χ3v) is 4.68. The van der Waals surface area contributed by atoms with Crippen molar-refractivity contribution in [2.75, 3.05) is 6.54 Å². The molecule has 0 amide bonds. The van der Waals surface area contributed by atoms with Gasteiger partial charge >= 0.3 is 0 Å². The van der Waals surface area contributed by atoms with Gasteiger partial charge in [-0.25, -0.2) is 0 Å². The zero-order chi connectivity index (χ0) is 13.2. The van der Waals surface area contributed by atoms with Gasteiger partial charge in [0.25, 0.3) is 0 Å². The number of nitrogens with two attached hydrogens (primary N) is 1. The van der Waals surface area contributed by atoms with Gasteiger partial charge in [-0.15, -0.1) is 0 Å². The van der Waals surface area contributed by atoms with Gasteiger partial charge < -0.3 is 10.8 Å². The summed E-state index contributed by atoms with van der Waals surface area (Å²) in [5, 5.41) is 10.8. The number of benzene rings is 1. The van der Waals surface area contributed by atoms with E-state index in [-0.39, 0.29) is 17.4 Å². The van der Waals surface area contributed by atoms with E-state index in [1.54, 1.807) is 0 Å². The van der Waals surface area contributed by atoms with E-state index >= 15 is 0 Å². The standard InChI is InChI=1S/C16H25NO/c1-12-7-3-4-8-13(12)14(11-17)15(18)16(2)9-5-6-10-16/h3-4,7-8,14-15,18H,5-6,9-11,17H2,1-2H3. The molecule has 1 aromatic carbocycles. The van der Waals surface area contributed by atoms with E-state index in [9.17, 15) is 5.11 Å². The second kappa shape index (κ2) is 5.41. The first-order valence-electron chi connectivity index (χ1n) is 7.02.